The number of piperazine rings is 1. The van der Waals surface area contributed by atoms with Crippen molar-refractivity contribution in [3.8, 4) is 0 Å². The number of carboxylic acid groups (broad SMARTS) is 1. The number of halogens is 1. The monoisotopic (exact) mass is 268 g/mol. The zero-order valence-electron chi connectivity index (χ0n) is 10.3. The van der Waals surface area contributed by atoms with Gasteiger partial charge >= 0.3 is 5.97 Å². The third-order valence-corrected chi connectivity index (χ3v) is 3.70. The first-order chi connectivity index (χ1) is 8.58. The fourth-order valence-corrected chi connectivity index (χ4v) is 2.55. The molecule has 1 N–H and O–H groups in total. The molecule has 4 nitrogen and oxygen atoms in total. The Balaban J connectivity index is 2.12. The Morgan fingerprint density at radius 3 is 2.83 bits per heavy atom. The van der Waals surface area contributed by atoms with Gasteiger partial charge in [-0.1, -0.05) is 23.7 Å². The summed E-state index contributed by atoms with van der Waals surface area (Å²) in [5.41, 5.74) is 0.989. The minimum absolute atomic E-state index is 0.0347. The van der Waals surface area contributed by atoms with Gasteiger partial charge in [-0.25, -0.2) is 0 Å². The highest BCUT2D eigenvalue weighted by Gasteiger charge is 2.27. The number of aliphatic carboxylic acids is 1. The largest absolute Gasteiger partial charge is 0.481 e. The maximum absolute atomic E-state index is 10.9. The van der Waals surface area contributed by atoms with Crippen LogP contribution in [0, 0.1) is 0 Å². The third-order valence-electron chi connectivity index (χ3n) is 3.38. The lowest BCUT2D eigenvalue weighted by atomic mass is 10.1. The van der Waals surface area contributed by atoms with Gasteiger partial charge in [-0.3, -0.25) is 9.69 Å². The topological polar surface area (TPSA) is 43.8 Å². The number of hydrogen-bond donors (Lipinski definition) is 1. The number of carbonyl (C=O) groups is 1. The van der Waals surface area contributed by atoms with E-state index in [4.69, 9.17) is 16.7 Å². The molecule has 0 aromatic heterocycles. The molecule has 0 amide bonds. The second-order valence-corrected chi connectivity index (χ2v) is 5.04. The molecule has 1 unspecified atom stereocenters. The maximum Gasteiger partial charge on any atom is 0.305 e. The summed E-state index contributed by atoms with van der Waals surface area (Å²) in [6.45, 7) is 2.42. The van der Waals surface area contributed by atoms with Crippen molar-refractivity contribution in [1.82, 2.24) is 4.90 Å². The molecule has 1 aliphatic rings. The number of anilines is 1. The molecule has 5 heteroatoms. The van der Waals surface area contributed by atoms with Crippen LogP contribution in [0.1, 0.15) is 6.42 Å². The number of likely N-dealkylation sites (N-methyl/N-ethyl adjacent to an activating group) is 1. The number of carboxylic acids is 1. The molecule has 0 saturated carbocycles. The van der Waals surface area contributed by atoms with Crippen LogP contribution in [0.4, 0.5) is 5.69 Å². The summed E-state index contributed by atoms with van der Waals surface area (Å²) in [4.78, 5) is 15.1. The average molecular weight is 269 g/mol. The fraction of sp³-hybridized carbons (Fsp3) is 0.462. The fourth-order valence-electron chi connectivity index (χ4n) is 2.30. The number of hydrogen-bond acceptors (Lipinski definition) is 3. The van der Waals surface area contributed by atoms with Gasteiger partial charge in [0.25, 0.3) is 0 Å². The maximum atomic E-state index is 10.9. The Morgan fingerprint density at radius 1 is 1.44 bits per heavy atom. The Kier molecular flexibility index (Phi) is 4.09. The van der Waals surface area contributed by atoms with E-state index in [0.717, 1.165) is 23.8 Å². The molecule has 1 heterocycles. The highest BCUT2D eigenvalue weighted by Crippen LogP contribution is 2.27. The van der Waals surface area contributed by atoms with E-state index in [-0.39, 0.29) is 12.5 Å². The third kappa shape index (κ3) is 2.94. The van der Waals surface area contributed by atoms with Crippen LogP contribution in [0.15, 0.2) is 24.3 Å². The summed E-state index contributed by atoms with van der Waals surface area (Å²) in [7, 11) is 1.97. The summed E-state index contributed by atoms with van der Waals surface area (Å²) in [5, 5.41) is 9.64. The van der Waals surface area contributed by atoms with Gasteiger partial charge in [-0.2, -0.15) is 0 Å². The molecule has 0 spiro atoms. The Hall–Kier alpha value is -1.26. The van der Waals surface area contributed by atoms with Crippen LogP contribution in [0.25, 0.3) is 0 Å². The van der Waals surface area contributed by atoms with Crippen molar-refractivity contribution in [3.05, 3.63) is 29.3 Å². The second-order valence-electron chi connectivity index (χ2n) is 4.63. The minimum Gasteiger partial charge on any atom is -0.481 e. The van der Waals surface area contributed by atoms with Crippen molar-refractivity contribution in [2.75, 3.05) is 31.6 Å². The van der Waals surface area contributed by atoms with Crippen LogP contribution in [0.2, 0.25) is 5.02 Å². The highest BCUT2D eigenvalue weighted by molar-refractivity contribution is 6.33. The van der Waals surface area contributed by atoms with Crippen molar-refractivity contribution >= 4 is 23.3 Å². The predicted octanol–water partition coefficient (Wildman–Crippen LogP) is 1.94. The van der Waals surface area contributed by atoms with E-state index in [1.54, 1.807) is 0 Å². The van der Waals surface area contributed by atoms with Crippen LogP contribution in [-0.2, 0) is 4.79 Å². The molecule has 1 aromatic carbocycles. The van der Waals surface area contributed by atoms with Crippen LogP contribution in [0.5, 0.6) is 0 Å². The van der Waals surface area contributed by atoms with Crippen LogP contribution in [0.3, 0.4) is 0 Å². The Morgan fingerprint density at radius 2 is 2.17 bits per heavy atom. The van der Waals surface area contributed by atoms with E-state index in [9.17, 15) is 4.79 Å². The number of para-hydroxylation sites is 1. The van der Waals surface area contributed by atoms with Crippen molar-refractivity contribution in [1.29, 1.82) is 0 Å². The zero-order chi connectivity index (χ0) is 13.1. The first-order valence-corrected chi connectivity index (χ1v) is 6.37. The van der Waals surface area contributed by atoms with Crippen LogP contribution in [-0.4, -0.2) is 48.7 Å². The summed E-state index contributed by atoms with van der Waals surface area (Å²) in [6, 6.07) is 7.72. The Bertz CT molecular complexity index is 439. The van der Waals surface area contributed by atoms with Crippen molar-refractivity contribution in [3.63, 3.8) is 0 Å². The van der Waals surface area contributed by atoms with Crippen molar-refractivity contribution < 1.29 is 9.90 Å². The van der Waals surface area contributed by atoms with Crippen molar-refractivity contribution in [2.45, 2.75) is 12.5 Å². The molecule has 1 fully saturated rings. The smallest absolute Gasteiger partial charge is 0.305 e. The second kappa shape index (κ2) is 5.59. The van der Waals surface area contributed by atoms with Gasteiger partial charge in [0, 0.05) is 25.7 Å². The standard InChI is InChI=1S/C13H17ClN2O2/c1-15-6-7-16(9-10(15)8-13(17)18)12-5-3-2-4-11(12)14/h2-5,10H,6-9H2,1H3,(H,17,18). The van der Waals surface area contributed by atoms with Gasteiger partial charge in [0.05, 0.1) is 17.1 Å². The lowest BCUT2D eigenvalue weighted by Crippen LogP contribution is -2.52. The minimum atomic E-state index is -0.757. The number of benzene rings is 1. The van der Waals surface area contributed by atoms with Crippen LogP contribution >= 0.6 is 11.6 Å². The molecular formula is C13H17ClN2O2. The molecule has 0 bridgehead atoms. The van der Waals surface area contributed by atoms with E-state index in [2.05, 4.69) is 9.80 Å². The molecule has 18 heavy (non-hydrogen) atoms. The highest BCUT2D eigenvalue weighted by atomic mass is 35.5. The summed E-state index contributed by atoms with van der Waals surface area (Å²) < 4.78 is 0. The van der Waals surface area contributed by atoms with Crippen LogP contribution < -0.4 is 4.90 Å². The molecule has 0 aliphatic carbocycles. The lowest BCUT2D eigenvalue weighted by Gasteiger charge is -2.40. The average Bonchev–Trinajstić information content (AvgIpc) is 2.32. The number of nitrogens with zero attached hydrogens (tertiary/aromatic N) is 2. The van der Waals surface area contributed by atoms with Gasteiger partial charge in [0.1, 0.15) is 0 Å². The van der Waals surface area contributed by atoms with Gasteiger partial charge < -0.3 is 10.0 Å². The molecule has 2 rings (SSSR count). The summed E-state index contributed by atoms with van der Waals surface area (Å²) in [5.74, 6) is -0.757. The van der Waals surface area contributed by atoms with E-state index in [1.165, 1.54) is 0 Å². The summed E-state index contributed by atoms with van der Waals surface area (Å²) >= 11 is 6.18. The molecule has 1 aromatic rings. The predicted molar refractivity (Wildman–Crippen MR) is 72.3 cm³/mol. The summed E-state index contributed by atoms with van der Waals surface area (Å²) in [6.07, 6.45) is 0.164. The molecule has 1 aliphatic heterocycles. The van der Waals surface area contributed by atoms with Gasteiger partial charge in [0.2, 0.25) is 0 Å². The first kappa shape index (κ1) is 13.2. The van der Waals surface area contributed by atoms with Crippen molar-refractivity contribution in [2.24, 2.45) is 0 Å². The van der Waals surface area contributed by atoms with E-state index >= 15 is 0 Å². The van der Waals surface area contributed by atoms with Gasteiger partial charge in [0.15, 0.2) is 0 Å². The van der Waals surface area contributed by atoms with Gasteiger partial charge in [-0.15, -0.1) is 0 Å². The molecule has 98 valence electrons. The Labute approximate surface area is 112 Å². The SMILES string of the molecule is CN1CCN(c2ccccc2Cl)CC1CC(=O)O. The first-order valence-electron chi connectivity index (χ1n) is 5.99. The number of rotatable bonds is 3. The normalized spacial score (nSPS) is 21.0. The van der Waals surface area contributed by atoms with E-state index in [0.29, 0.717) is 6.54 Å². The molecule has 1 atom stereocenters. The lowest BCUT2D eigenvalue weighted by molar-refractivity contribution is -0.138. The quantitative estimate of drug-likeness (QED) is 0.910. The molecule has 0 radical (unpaired) electrons. The van der Waals surface area contributed by atoms with E-state index in [1.807, 2.05) is 31.3 Å². The molecular weight excluding hydrogens is 252 g/mol. The zero-order valence-corrected chi connectivity index (χ0v) is 11.1. The van der Waals surface area contributed by atoms with E-state index < -0.39 is 5.97 Å². The van der Waals surface area contributed by atoms with Gasteiger partial charge in [-0.05, 0) is 19.2 Å². The molecule has 1 saturated heterocycles.